The van der Waals surface area contributed by atoms with Crippen molar-refractivity contribution in [2.75, 3.05) is 6.54 Å². The lowest BCUT2D eigenvalue weighted by molar-refractivity contribution is -0.142. The number of halogens is 2. The van der Waals surface area contributed by atoms with Crippen molar-refractivity contribution >= 4 is 33.5 Å². The van der Waals surface area contributed by atoms with Crippen molar-refractivity contribution < 1.29 is 9.90 Å². The molecule has 3 nitrogen and oxygen atoms in total. The summed E-state index contributed by atoms with van der Waals surface area (Å²) in [5.41, 5.74) is 1.11. The van der Waals surface area contributed by atoms with Gasteiger partial charge in [-0.25, -0.2) is 0 Å². The molecule has 1 fully saturated rings. The quantitative estimate of drug-likeness (QED) is 0.855. The van der Waals surface area contributed by atoms with Crippen molar-refractivity contribution in [3.8, 4) is 0 Å². The van der Waals surface area contributed by atoms with Crippen LogP contribution in [0.25, 0.3) is 0 Å². The third-order valence-electron chi connectivity index (χ3n) is 3.70. The molecule has 1 aromatic carbocycles. The molecule has 0 aliphatic heterocycles. The number of benzene rings is 1. The van der Waals surface area contributed by atoms with Crippen LogP contribution in [0.2, 0.25) is 5.02 Å². The lowest BCUT2D eigenvalue weighted by Crippen LogP contribution is -2.28. The summed E-state index contributed by atoms with van der Waals surface area (Å²) in [4.78, 5) is 11.1. The molecule has 1 aliphatic rings. The number of hydrogen-bond donors (Lipinski definition) is 2. The van der Waals surface area contributed by atoms with Crippen LogP contribution in [0.5, 0.6) is 0 Å². The summed E-state index contributed by atoms with van der Waals surface area (Å²) in [6, 6.07) is 5.85. The first-order valence-electron chi connectivity index (χ1n) is 6.45. The number of aliphatic carboxylic acids is 1. The summed E-state index contributed by atoms with van der Waals surface area (Å²) >= 11 is 9.39. The van der Waals surface area contributed by atoms with Crippen LogP contribution in [0.15, 0.2) is 22.7 Å². The number of carboxylic acid groups (broad SMARTS) is 1. The predicted molar refractivity (Wildman–Crippen MR) is 79.3 cm³/mol. The molecule has 0 radical (unpaired) electrons. The Hall–Kier alpha value is -0.580. The maximum Gasteiger partial charge on any atom is 0.306 e. The molecular formula is C14H17BrClNO2. The van der Waals surface area contributed by atoms with Gasteiger partial charge in [0.15, 0.2) is 0 Å². The van der Waals surface area contributed by atoms with Gasteiger partial charge < -0.3 is 10.4 Å². The summed E-state index contributed by atoms with van der Waals surface area (Å²) in [7, 11) is 0. The zero-order chi connectivity index (χ0) is 13.8. The van der Waals surface area contributed by atoms with Crippen molar-refractivity contribution in [1.29, 1.82) is 0 Å². The average molecular weight is 347 g/mol. The van der Waals surface area contributed by atoms with Gasteiger partial charge in [-0.05, 0) is 58.9 Å². The fourth-order valence-corrected chi connectivity index (χ4v) is 3.11. The second kappa shape index (κ2) is 6.73. The standard InChI is InChI=1S/C14H17BrClNO2/c15-12-5-4-9(6-13(12)16)7-17-8-10-2-1-3-11(10)14(18)19/h4-6,10-11,17H,1-3,7-8H2,(H,18,19). The van der Waals surface area contributed by atoms with Crippen LogP contribution in [0.3, 0.4) is 0 Å². The lowest BCUT2D eigenvalue weighted by Gasteiger charge is -2.16. The number of nitrogens with one attached hydrogen (secondary N) is 1. The van der Waals surface area contributed by atoms with E-state index in [1.807, 2.05) is 18.2 Å². The van der Waals surface area contributed by atoms with Crippen LogP contribution in [0.4, 0.5) is 0 Å². The van der Waals surface area contributed by atoms with Crippen molar-refractivity contribution in [1.82, 2.24) is 5.32 Å². The first kappa shape index (κ1) is 14.8. The van der Waals surface area contributed by atoms with E-state index in [-0.39, 0.29) is 11.8 Å². The van der Waals surface area contributed by atoms with Gasteiger partial charge in [0.05, 0.1) is 10.9 Å². The van der Waals surface area contributed by atoms with Gasteiger partial charge in [-0.2, -0.15) is 0 Å². The number of carboxylic acids is 1. The Labute approximate surface area is 126 Å². The molecule has 0 heterocycles. The van der Waals surface area contributed by atoms with E-state index in [1.54, 1.807) is 0 Å². The highest BCUT2D eigenvalue weighted by Gasteiger charge is 2.32. The Morgan fingerprint density at radius 1 is 1.47 bits per heavy atom. The minimum absolute atomic E-state index is 0.180. The summed E-state index contributed by atoms with van der Waals surface area (Å²) in [5, 5.41) is 13.2. The molecule has 5 heteroatoms. The van der Waals surface area contributed by atoms with Crippen LogP contribution in [-0.2, 0) is 11.3 Å². The van der Waals surface area contributed by atoms with Crippen molar-refractivity contribution in [2.45, 2.75) is 25.8 Å². The summed E-state index contributed by atoms with van der Waals surface area (Å²) in [5.74, 6) is -0.583. The first-order valence-corrected chi connectivity index (χ1v) is 7.62. The van der Waals surface area contributed by atoms with Gasteiger partial charge in [0.1, 0.15) is 0 Å². The Bertz CT molecular complexity index is 467. The molecule has 1 aliphatic carbocycles. The van der Waals surface area contributed by atoms with E-state index in [0.717, 1.165) is 42.4 Å². The van der Waals surface area contributed by atoms with E-state index in [4.69, 9.17) is 16.7 Å². The SMILES string of the molecule is O=C(O)C1CCCC1CNCc1ccc(Br)c(Cl)c1. The largest absolute Gasteiger partial charge is 0.481 e. The Kier molecular flexibility index (Phi) is 5.25. The smallest absolute Gasteiger partial charge is 0.306 e. The van der Waals surface area contributed by atoms with Gasteiger partial charge in [0.2, 0.25) is 0 Å². The zero-order valence-corrected chi connectivity index (χ0v) is 12.9. The molecular weight excluding hydrogens is 330 g/mol. The summed E-state index contributed by atoms with van der Waals surface area (Å²) in [6.07, 6.45) is 2.84. The number of carbonyl (C=O) groups is 1. The van der Waals surface area contributed by atoms with Crippen LogP contribution in [-0.4, -0.2) is 17.6 Å². The van der Waals surface area contributed by atoms with Crippen molar-refractivity contribution in [3.05, 3.63) is 33.3 Å². The van der Waals surface area contributed by atoms with E-state index in [0.29, 0.717) is 5.02 Å². The third kappa shape index (κ3) is 3.94. The monoisotopic (exact) mass is 345 g/mol. The predicted octanol–water partition coefficient (Wildman–Crippen LogP) is 3.69. The van der Waals surface area contributed by atoms with E-state index in [2.05, 4.69) is 21.2 Å². The second-order valence-electron chi connectivity index (χ2n) is 5.02. The Morgan fingerprint density at radius 2 is 2.26 bits per heavy atom. The summed E-state index contributed by atoms with van der Waals surface area (Å²) < 4.78 is 0.889. The van der Waals surface area contributed by atoms with Gasteiger partial charge in [-0.15, -0.1) is 0 Å². The molecule has 0 bridgehead atoms. The van der Waals surface area contributed by atoms with E-state index in [1.165, 1.54) is 0 Å². The minimum Gasteiger partial charge on any atom is -0.481 e. The first-order chi connectivity index (χ1) is 9.08. The fourth-order valence-electron chi connectivity index (χ4n) is 2.66. The highest BCUT2D eigenvalue weighted by Crippen LogP contribution is 2.31. The molecule has 2 N–H and O–H groups in total. The topological polar surface area (TPSA) is 49.3 Å². The maximum atomic E-state index is 11.1. The summed E-state index contributed by atoms with van der Waals surface area (Å²) in [6.45, 7) is 1.47. The van der Waals surface area contributed by atoms with Gasteiger partial charge in [0.25, 0.3) is 0 Å². The van der Waals surface area contributed by atoms with Gasteiger partial charge in [-0.1, -0.05) is 24.1 Å². The molecule has 0 saturated heterocycles. The molecule has 2 atom stereocenters. The molecule has 2 rings (SSSR count). The molecule has 1 aromatic rings. The molecule has 1 saturated carbocycles. The fraction of sp³-hybridized carbons (Fsp3) is 0.500. The Balaban J connectivity index is 1.83. The molecule has 2 unspecified atom stereocenters. The average Bonchev–Trinajstić information content (AvgIpc) is 2.82. The lowest BCUT2D eigenvalue weighted by atomic mass is 9.96. The number of hydrogen-bond acceptors (Lipinski definition) is 2. The molecule has 104 valence electrons. The highest BCUT2D eigenvalue weighted by atomic mass is 79.9. The molecule has 0 amide bonds. The van der Waals surface area contributed by atoms with Crippen LogP contribution < -0.4 is 5.32 Å². The molecule has 19 heavy (non-hydrogen) atoms. The zero-order valence-electron chi connectivity index (χ0n) is 10.5. The van der Waals surface area contributed by atoms with Crippen LogP contribution in [0.1, 0.15) is 24.8 Å². The van der Waals surface area contributed by atoms with E-state index < -0.39 is 5.97 Å². The Morgan fingerprint density at radius 3 is 2.95 bits per heavy atom. The normalized spacial score (nSPS) is 22.6. The molecule has 0 aromatic heterocycles. The molecule has 0 spiro atoms. The second-order valence-corrected chi connectivity index (χ2v) is 6.28. The third-order valence-corrected chi connectivity index (χ3v) is 4.93. The van der Waals surface area contributed by atoms with Crippen molar-refractivity contribution in [3.63, 3.8) is 0 Å². The van der Waals surface area contributed by atoms with E-state index >= 15 is 0 Å². The van der Waals surface area contributed by atoms with Gasteiger partial charge in [-0.3, -0.25) is 4.79 Å². The van der Waals surface area contributed by atoms with Crippen molar-refractivity contribution in [2.24, 2.45) is 11.8 Å². The van der Waals surface area contributed by atoms with Crippen LogP contribution in [0, 0.1) is 11.8 Å². The van der Waals surface area contributed by atoms with Gasteiger partial charge >= 0.3 is 5.97 Å². The highest BCUT2D eigenvalue weighted by molar-refractivity contribution is 9.10. The minimum atomic E-state index is -0.656. The number of rotatable bonds is 5. The van der Waals surface area contributed by atoms with E-state index in [9.17, 15) is 4.79 Å². The maximum absolute atomic E-state index is 11.1. The van der Waals surface area contributed by atoms with Crippen LogP contribution >= 0.6 is 27.5 Å². The van der Waals surface area contributed by atoms with Gasteiger partial charge in [0, 0.05) is 11.0 Å².